The minimum atomic E-state index is -1.36. The molecule has 4 saturated heterocycles. The molecule has 19 heteroatoms. The van der Waals surface area contributed by atoms with Crippen LogP contribution in [0.25, 0.3) is 0 Å². The van der Waals surface area contributed by atoms with Crippen molar-refractivity contribution in [3.8, 4) is 0 Å². The summed E-state index contributed by atoms with van der Waals surface area (Å²) in [5.74, 6) is -0.248. The van der Waals surface area contributed by atoms with E-state index in [2.05, 4.69) is 44.3 Å². The minimum absolute atomic E-state index is 0.170. The van der Waals surface area contributed by atoms with Crippen LogP contribution in [-0.4, -0.2) is 104 Å². The highest BCUT2D eigenvalue weighted by atomic mass is 31.2. The van der Waals surface area contributed by atoms with Crippen molar-refractivity contribution in [2.75, 3.05) is 31.4 Å². The zero-order chi connectivity index (χ0) is 41.0. The minimum Gasteiger partial charge on any atom is -0.388 e. The van der Waals surface area contributed by atoms with E-state index in [9.17, 15) is 24.3 Å². The highest BCUT2D eigenvalue weighted by molar-refractivity contribution is 7.45. The normalized spacial score (nSPS) is 32.1. The molecule has 1 aromatic carbocycles. The topological polar surface area (TPSA) is 207 Å². The van der Waals surface area contributed by atoms with Gasteiger partial charge in [-0.25, -0.2) is 14.3 Å². The van der Waals surface area contributed by atoms with E-state index in [-0.39, 0.29) is 35.6 Å². The van der Waals surface area contributed by atoms with Crippen molar-refractivity contribution in [3.63, 3.8) is 0 Å². The number of anilines is 2. The molecule has 0 spiro atoms. The SMILES string of the molecule is CC[C@H]1O[C@@H](n2ccc(NC(C)=O)nc2=O)C(OC)[C@H]1O.CC[C@H]1O[C@@H](n2ccc(NC(C)=O)nc2=O)C(OC)[C@H]1O[P@@]1O[C@](C)(c2ccccc2)[C@@H]2CCCN21. The van der Waals surface area contributed by atoms with Crippen molar-refractivity contribution in [1.29, 1.82) is 0 Å². The quantitative estimate of drug-likeness (QED) is 0.237. The maximum Gasteiger partial charge on any atom is 0.351 e. The fourth-order valence-electron chi connectivity index (χ4n) is 7.87. The molecule has 11 atom stereocenters. The monoisotopic (exact) mass is 813 g/mol. The third kappa shape index (κ3) is 8.89. The van der Waals surface area contributed by atoms with Crippen molar-refractivity contribution in [1.82, 2.24) is 23.8 Å². The lowest BCUT2D eigenvalue weighted by molar-refractivity contribution is -0.115. The van der Waals surface area contributed by atoms with Crippen LogP contribution in [-0.2, 0) is 43.2 Å². The summed E-state index contributed by atoms with van der Waals surface area (Å²) in [4.78, 5) is 54.9. The maximum atomic E-state index is 12.8. The van der Waals surface area contributed by atoms with E-state index in [1.165, 1.54) is 42.4 Å². The molecule has 2 unspecified atom stereocenters. The molecule has 18 nitrogen and oxygen atoms in total. The molecule has 310 valence electrons. The molecule has 57 heavy (non-hydrogen) atoms. The fourth-order valence-corrected chi connectivity index (χ4v) is 10.0. The zero-order valence-corrected chi connectivity index (χ0v) is 34.0. The summed E-state index contributed by atoms with van der Waals surface area (Å²) in [5.41, 5.74) is -0.448. The molecule has 0 bridgehead atoms. The number of hydrogen-bond acceptors (Lipinski definition) is 14. The van der Waals surface area contributed by atoms with Gasteiger partial charge in [-0.2, -0.15) is 9.97 Å². The van der Waals surface area contributed by atoms with Crippen molar-refractivity contribution >= 4 is 32.0 Å². The number of rotatable bonds is 11. The summed E-state index contributed by atoms with van der Waals surface area (Å²) in [6.07, 6.45) is 1.83. The second-order valence-electron chi connectivity index (χ2n) is 14.4. The van der Waals surface area contributed by atoms with Gasteiger partial charge in [0.05, 0.1) is 18.2 Å². The molecule has 3 aromatic rings. The molecular formula is C38H52N7O11P. The molecule has 0 saturated carbocycles. The fraction of sp³-hybridized carbons (Fsp3) is 0.579. The molecule has 2 amide bonds. The van der Waals surface area contributed by atoms with Crippen LogP contribution in [0.3, 0.4) is 0 Å². The molecule has 7 rings (SSSR count). The van der Waals surface area contributed by atoms with Gasteiger partial charge in [-0.1, -0.05) is 44.2 Å². The van der Waals surface area contributed by atoms with Crippen molar-refractivity contribution in [2.45, 2.75) is 121 Å². The Balaban J connectivity index is 0.000000223. The average molecular weight is 814 g/mol. The number of carbonyl (C=O) groups is 2. The summed E-state index contributed by atoms with van der Waals surface area (Å²) in [7, 11) is 1.68. The van der Waals surface area contributed by atoms with Gasteiger partial charge in [-0.05, 0) is 50.3 Å². The van der Waals surface area contributed by atoms with Crippen LogP contribution in [0.1, 0.15) is 78.3 Å². The van der Waals surface area contributed by atoms with Crippen molar-refractivity contribution in [2.24, 2.45) is 0 Å². The smallest absolute Gasteiger partial charge is 0.351 e. The van der Waals surface area contributed by atoms with Gasteiger partial charge in [-0.3, -0.25) is 18.7 Å². The highest BCUT2D eigenvalue weighted by Gasteiger charge is 2.57. The van der Waals surface area contributed by atoms with Crippen molar-refractivity contribution in [3.05, 3.63) is 81.4 Å². The van der Waals surface area contributed by atoms with Gasteiger partial charge in [0.15, 0.2) is 12.5 Å². The number of aliphatic hydroxyl groups excluding tert-OH is 1. The van der Waals surface area contributed by atoms with E-state index in [1.54, 1.807) is 19.4 Å². The first-order chi connectivity index (χ1) is 27.3. The summed E-state index contributed by atoms with van der Waals surface area (Å²) in [6.45, 7) is 9.66. The average Bonchev–Trinajstić information content (AvgIpc) is 3.95. The maximum absolute atomic E-state index is 12.8. The summed E-state index contributed by atoms with van der Waals surface area (Å²) in [6, 6.07) is 13.6. The molecule has 2 aromatic heterocycles. The lowest BCUT2D eigenvalue weighted by Gasteiger charge is -2.29. The van der Waals surface area contributed by atoms with Crippen LogP contribution in [0.4, 0.5) is 11.6 Å². The first-order valence-corrected chi connectivity index (χ1v) is 20.2. The lowest BCUT2D eigenvalue weighted by Crippen LogP contribution is -2.38. The first kappa shape index (κ1) is 42.6. The lowest BCUT2D eigenvalue weighted by atomic mass is 9.87. The number of nitrogens with one attached hydrogen (secondary N) is 2. The Kier molecular flexibility index (Phi) is 13.7. The predicted octanol–water partition coefficient (Wildman–Crippen LogP) is 3.43. The second-order valence-corrected chi connectivity index (χ2v) is 15.8. The van der Waals surface area contributed by atoms with E-state index in [0.29, 0.717) is 12.8 Å². The largest absolute Gasteiger partial charge is 0.388 e. The Morgan fingerprint density at radius 2 is 1.40 bits per heavy atom. The Labute approximate surface area is 331 Å². The number of ether oxygens (including phenoxy) is 4. The van der Waals surface area contributed by atoms with Crippen LogP contribution in [0.2, 0.25) is 0 Å². The van der Waals surface area contributed by atoms with E-state index in [1.807, 2.05) is 32.0 Å². The Morgan fingerprint density at radius 3 is 1.91 bits per heavy atom. The Morgan fingerprint density at radius 1 is 0.860 bits per heavy atom. The molecule has 4 aliphatic heterocycles. The van der Waals surface area contributed by atoms with E-state index in [4.69, 9.17) is 28.0 Å². The third-order valence-electron chi connectivity index (χ3n) is 10.7. The van der Waals surface area contributed by atoms with E-state index >= 15 is 0 Å². The Bertz CT molecular complexity index is 1990. The van der Waals surface area contributed by atoms with Gasteiger partial charge in [0.1, 0.15) is 41.7 Å². The van der Waals surface area contributed by atoms with Gasteiger partial charge in [-0.15, -0.1) is 0 Å². The molecule has 0 aliphatic carbocycles. The van der Waals surface area contributed by atoms with Crippen molar-refractivity contribution < 1.29 is 42.7 Å². The third-order valence-corrected chi connectivity index (χ3v) is 12.5. The molecule has 4 aliphatic rings. The van der Waals surface area contributed by atoms with Gasteiger partial charge >= 0.3 is 11.4 Å². The number of nitrogens with zero attached hydrogens (tertiary/aromatic N) is 5. The second kappa shape index (κ2) is 18.3. The van der Waals surface area contributed by atoms with Crippen LogP contribution in [0.15, 0.2) is 64.4 Å². The van der Waals surface area contributed by atoms with E-state index in [0.717, 1.165) is 24.9 Å². The van der Waals surface area contributed by atoms with E-state index < -0.39 is 68.5 Å². The number of amides is 2. The standard InChI is InChI=1S/C25H33N4O6P.C13H19N3O5/c1-5-18-21(22(32-4)23(33-18)28-15-13-20(26-16(2)30)27-24(28)31)34-36-29-14-9-12-19(29)25(3,35-36)17-10-7-6-8-11-17;1-4-8-10(18)11(20-3)12(21-8)16-6-5-9(14-7(2)17)15-13(16)19/h6-8,10-11,13,15,18-19,21-23H,5,9,12,14H2,1-4H3,(H,26,27,30,31);5-6,8,10-12,18H,4H2,1-3H3,(H,14,15,17,19)/t18-,19+,21+,22?,23-,25-,36+;8-,10+,11?,12-/m11/s1. The zero-order valence-electron chi connectivity index (χ0n) is 33.1. The number of methoxy groups -OCH3 is 2. The van der Waals surface area contributed by atoms with Crippen LogP contribution < -0.4 is 22.0 Å². The molecule has 0 radical (unpaired) electrons. The summed E-state index contributed by atoms with van der Waals surface area (Å²) >= 11 is 0. The predicted molar refractivity (Wildman–Crippen MR) is 208 cm³/mol. The number of carbonyl (C=O) groups excluding carboxylic acids is 2. The summed E-state index contributed by atoms with van der Waals surface area (Å²) < 4.78 is 41.5. The van der Waals surface area contributed by atoms with Crippen LogP contribution in [0.5, 0.6) is 0 Å². The molecule has 6 heterocycles. The number of hydrogen-bond donors (Lipinski definition) is 3. The van der Waals surface area contributed by atoms with Gasteiger partial charge in [0.25, 0.3) is 8.53 Å². The van der Waals surface area contributed by atoms with Gasteiger partial charge in [0, 0.05) is 47.0 Å². The number of aliphatic hydroxyl groups is 1. The summed E-state index contributed by atoms with van der Waals surface area (Å²) in [5, 5.41) is 15.1. The van der Waals surface area contributed by atoms with Crippen LogP contribution >= 0.6 is 8.53 Å². The van der Waals surface area contributed by atoms with Crippen LogP contribution in [0, 0.1) is 0 Å². The molecule has 3 N–H and O–H groups in total. The van der Waals surface area contributed by atoms with Gasteiger partial charge in [0.2, 0.25) is 11.8 Å². The first-order valence-electron chi connectivity index (χ1n) is 19.1. The molecular weight excluding hydrogens is 761 g/mol. The highest BCUT2D eigenvalue weighted by Crippen LogP contribution is 2.64. The number of aromatic nitrogens is 4. The van der Waals surface area contributed by atoms with Gasteiger partial charge < -0.3 is 43.7 Å². The Hall–Kier alpha value is -3.97. The number of fused-ring (bicyclic) bond motifs is 1. The molecule has 4 fully saturated rings. The number of benzene rings is 1.